The lowest BCUT2D eigenvalue weighted by Crippen LogP contribution is -2.52. The molecule has 2 aliphatic rings. The Morgan fingerprint density at radius 2 is 1.85 bits per heavy atom. The van der Waals surface area contributed by atoms with Crippen molar-refractivity contribution in [3.63, 3.8) is 0 Å². The molecule has 0 spiro atoms. The Balaban J connectivity index is 1.48. The first-order valence-corrected chi connectivity index (χ1v) is 9.99. The summed E-state index contributed by atoms with van der Waals surface area (Å²) in [5.41, 5.74) is 0.853. The van der Waals surface area contributed by atoms with Crippen LogP contribution in [0.5, 0.6) is 5.75 Å². The number of carbonyl (C=O) groups excluding carboxylic acids is 1. The van der Waals surface area contributed by atoms with E-state index < -0.39 is 0 Å². The minimum Gasteiger partial charge on any atom is -0.506 e. The van der Waals surface area contributed by atoms with Gasteiger partial charge in [-0.2, -0.15) is 0 Å². The molecule has 1 amide bonds. The number of rotatable bonds is 4. The van der Waals surface area contributed by atoms with Crippen LogP contribution in [0, 0.1) is 5.92 Å². The summed E-state index contributed by atoms with van der Waals surface area (Å²) < 4.78 is 0. The van der Waals surface area contributed by atoms with E-state index in [4.69, 9.17) is 11.6 Å². The van der Waals surface area contributed by atoms with Crippen LogP contribution in [-0.2, 0) is 11.2 Å². The Morgan fingerprint density at radius 1 is 1.19 bits per heavy atom. The van der Waals surface area contributed by atoms with Crippen LogP contribution in [0.15, 0.2) is 18.2 Å². The maximum atomic E-state index is 12.6. The Morgan fingerprint density at radius 3 is 2.46 bits per heavy atom. The highest BCUT2D eigenvalue weighted by Gasteiger charge is 2.30. The summed E-state index contributed by atoms with van der Waals surface area (Å²) in [4.78, 5) is 19.6. The molecule has 2 heterocycles. The van der Waals surface area contributed by atoms with Crippen molar-refractivity contribution >= 4 is 17.5 Å². The number of benzene rings is 1. The summed E-state index contributed by atoms with van der Waals surface area (Å²) >= 11 is 5.94. The lowest BCUT2D eigenvalue weighted by atomic mass is 9.89. The van der Waals surface area contributed by atoms with Gasteiger partial charge in [0, 0.05) is 45.3 Å². The molecule has 0 saturated carbocycles. The molecule has 0 aliphatic carbocycles. The highest BCUT2D eigenvalue weighted by Crippen LogP contribution is 2.27. The number of likely N-dealkylation sites (N-methyl/N-ethyl adjacent to an activating group) is 1. The van der Waals surface area contributed by atoms with E-state index in [1.54, 1.807) is 18.2 Å². The summed E-state index contributed by atoms with van der Waals surface area (Å²) in [5, 5.41) is 9.80. The molecule has 1 N–H and O–H groups in total. The number of likely N-dealkylation sites (tertiary alicyclic amines) is 1. The second kappa shape index (κ2) is 8.59. The van der Waals surface area contributed by atoms with Gasteiger partial charge in [0.1, 0.15) is 5.75 Å². The predicted molar refractivity (Wildman–Crippen MR) is 105 cm³/mol. The van der Waals surface area contributed by atoms with Crippen LogP contribution in [0.2, 0.25) is 5.02 Å². The molecule has 144 valence electrons. The highest BCUT2D eigenvalue weighted by molar-refractivity contribution is 6.32. The number of phenols is 1. The predicted octanol–water partition coefficient (Wildman–Crippen LogP) is 2.46. The molecule has 0 unspecified atom stereocenters. The average Bonchev–Trinajstić information content (AvgIpc) is 2.65. The molecular formula is C20H30ClN3O2. The number of hydrogen-bond acceptors (Lipinski definition) is 4. The molecule has 2 saturated heterocycles. The largest absolute Gasteiger partial charge is 0.506 e. The van der Waals surface area contributed by atoms with Gasteiger partial charge in [-0.25, -0.2) is 0 Å². The highest BCUT2D eigenvalue weighted by atomic mass is 35.5. The SMILES string of the molecule is C[C@H](C1CCN(C(=O)Cc2ccc(O)c(Cl)c2)CC1)N1CCN(C)CC1. The number of carbonyl (C=O) groups is 1. The van der Waals surface area contributed by atoms with Crippen LogP contribution in [0.1, 0.15) is 25.3 Å². The zero-order valence-corrected chi connectivity index (χ0v) is 16.6. The summed E-state index contributed by atoms with van der Waals surface area (Å²) in [6.07, 6.45) is 2.50. The van der Waals surface area contributed by atoms with Gasteiger partial charge in [-0.05, 0) is 50.4 Å². The van der Waals surface area contributed by atoms with E-state index in [0.717, 1.165) is 57.7 Å². The van der Waals surface area contributed by atoms with Gasteiger partial charge in [0.2, 0.25) is 5.91 Å². The normalized spacial score (nSPS) is 21.7. The third-order valence-corrected chi connectivity index (χ3v) is 6.36. The number of amides is 1. The number of halogens is 1. The van der Waals surface area contributed by atoms with Crippen molar-refractivity contribution < 1.29 is 9.90 Å². The molecule has 1 atom stereocenters. The number of phenolic OH excluding ortho intramolecular Hbond substituents is 1. The molecule has 26 heavy (non-hydrogen) atoms. The molecule has 6 heteroatoms. The zero-order chi connectivity index (χ0) is 18.7. The van der Waals surface area contributed by atoms with Crippen LogP contribution >= 0.6 is 11.6 Å². The smallest absolute Gasteiger partial charge is 0.226 e. The first-order valence-electron chi connectivity index (χ1n) is 9.62. The summed E-state index contributed by atoms with van der Waals surface area (Å²) in [5.74, 6) is 0.879. The van der Waals surface area contributed by atoms with Gasteiger partial charge < -0.3 is 14.9 Å². The van der Waals surface area contributed by atoms with Gasteiger partial charge in [0.05, 0.1) is 11.4 Å². The second-order valence-corrected chi connectivity index (χ2v) is 8.17. The number of nitrogens with zero attached hydrogens (tertiary/aromatic N) is 3. The van der Waals surface area contributed by atoms with Gasteiger partial charge in [0.25, 0.3) is 0 Å². The fourth-order valence-corrected chi connectivity index (χ4v) is 4.31. The fraction of sp³-hybridized carbons (Fsp3) is 0.650. The van der Waals surface area contributed by atoms with Crippen molar-refractivity contribution in [3.05, 3.63) is 28.8 Å². The van der Waals surface area contributed by atoms with Gasteiger partial charge in [-0.1, -0.05) is 17.7 Å². The van der Waals surface area contributed by atoms with Crippen LogP contribution in [0.3, 0.4) is 0 Å². The molecule has 5 nitrogen and oxygen atoms in total. The van der Waals surface area contributed by atoms with Crippen LogP contribution in [0.25, 0.3) is 0 Å². The van der Waals surface area contributed by atoms with E-state index in [0.29, 0.717) is 23.4 Å². The number of piperazine rings is 1. The van der Waals surface area contributed by atoms with Crippen molar-refractivity contribution in [3.8, 4) is 5.75 Å². The number of hydrogen-bond donors (Lipinski definition) is 1. The topological polar surface area (TPSA) is 47.0 Å². The van der Waals surface area contributed by atoms with Crippen molar-refractivity contribution in [2.75, 3.05) is 46.3 Å². The van der Waals surface area contributed by atoms with Crippen LogP contribution in [-0.4, -0.2) is 78.1 Å². The quantitative estimate of drug-likeness (QED) is 0.873. The maximum absolute atomic E-state index is 12.6. The Bertz CT molecular complexity index is 623. The first-order chi connectivity index (χ1) is 12.4. The second-order valence-electron chi connectivity index (χ2n) is 7.76. The standard InChI is InChI=1S/C20H30ClN3O2/c1-15(23-11-9-22(2)10-12-23)17-5-7-24(8-6-17)20(26)14-16-3-4-19(25)18(21)13-16/h3-4,13,15,17,25H,5-12,14H2,1-2H3/t15-/m1/s1. The molecule has 2 aliphatic heterocycles. The summed E-state index contributed by atoms with van der Waals surface area (Å²) in [6.45, 7) is 8.64. The molecule has 2 fully saturated rings. The Kier molecular flexibility index (Phi) is 6.43. The molecule has 0 aromatic heterocycles. The molecule has 1 aromatic rings. The van der Waals surface area contributed by atoms with Crippen molar-refractivity contribution in [2.45, 2.75) is 32.2 Å². The Labute approximate surface area is 161 Å². The molecule has 0 bridgehead atoms. The first kappa shape index (κ1) is 19.5. The Hall–Kier alpha value is -1.30. The molecule has 3 rings (SSSR count). The third kappa shape index (κ3) is 4.70. The molecular weight excluding hydrogens is 350 g/mol. The van der Waals surface area contributed by atoms with Crippen LogP contribution < -0.4 is 0 Å². The van der Waals surface area contributed by atoms with E-state index in [-0.39, 0.29) is 11.7 Å². The fourth-order valence-electron chi connectivity index (χ4n) is 4.11. The van der Waals surface area contributed by atoms with Crippen LogP contribution in [0.4, 0.5) is 0 Å². The number of aromatic hydroxyl groups is 1. The van der Waals surface area contributed by atoms with Gasteiger partial charge in [0.15, 0.2) is 0 Å². The molecule has 1 aromatic carbocycles. The van der Waals surface area contributed by atoms with E-state index in [1.165, 1.54) is 0 Å². The lowest BCUT2D eigenvalue weighted by molar-refractivity contribution is -0.132. The van der Waals surface area contributed by atoms with Crippen molar-refractivity contribution in [1.82, 2.24) is 14.7 Å². The minimum atomic E-state index is 0.0570. The third-order valence-electron chi connectivity index (χ3n) is 6.06. The van der Waals surface area contributed by atoms with Gasteiger partial charge >= 0.3 is 0 Å². The van der Waals surface area contributed by atoms with Crippen molar-refractivity contribution in [2.24, 2.45) is 5.92 Å². The van der Waals surface area contributed by atoms with Gasteiger partial charge in [-0.3, -0.25) is 9.69 Å². The minimum absolute atomic E-state index is 0.0570. The lowest BCUT2D eigenvalue weighted by Gasteiger charge is -2.42. The van der Waals surface area contributed by atoms with E-state index in [1.807, 2.05) is 4.90 Å². The maximum Gasteiger partial charge on any atom is 0.226 e. The van der Waals surface area contributed by atoms with E-state index >= 15 is 0 Å². The average molecular weight is 380 g/mol. The van der Waals surface area contributed by atoms with Gasteiger partial charge in [-0.15, -0.1) is 0 Å². The van der Waals surface area contributed by atoms with E-state index in [2.05, 4.69) is 23.8 Å². The monoisotopic (exact) mass is 379 g/mol. The zero-order valence-electron chi connectivity index (χ0n) is 15.8. The number of piperidine rings is 1. The van der Waals surface area contributed by atoms with E-state index in [9.17, 15) is 9.90 Å². The summed E-state index contributed by atoms with van der Waals surface area (Å²) in [7, 11) is 2.19. The van der Waals surface area contributed by atoms with Crippen molar-refractivity contribution in [1.29, 1.82) is 0 Å². The molecule has 0 radical (unpaired) electrons. The summed E-state index contributed by atoms with van der Waals surface area (Å²) in [6, 6.07) is 5.59.